The Balaban J connectivity index is 1.95. The molecule has 94 valence electrons. The van der Waals surface area contributed by atoms with Crippen molar-refractivity contribution in [2.24, 2.45) is 7.05 Å². The molecule has 3 rings (SSSR count). The number of aromatic nitrogens is 2. The van der Waals surface area contributed by atoms with Crippen molar-refractivity contribution in [3.05, 3.63) is 53.3 Å². The number of rotatable bonds is 2. The Kier molecular flexibility index (Phi) is 2.92. The molecule has 0 saturated carbocycles. The highest BCUT2D eigenvalue weighted by molar-refractivity contribution is 5.30. The van der Waals surface area contributed by atoms with Crippen molar-refractivity contribution in [3.8, 4) is 0 Å². The van der Waals surface area contributed by atoms with Crippen LogP contribution in [0.1, 0.15) is 35.2 Å². The highest BCUT2D eigenvalue weighted by Crippen LogP contribution is 2.38. The van der Waals surface area contributed by atoms with Gasteiger partial charge in [0.2, 0.25) is 0 Å². The van der Waals surface area contributed by atoms with Crippen LogP contribution in [0.4, 0.5) is 0 Å². The van der Waals surface area contributed by atoms with E-state index in [-0.39, 0.29) is 0 Å². The molecule has 1 aromatic heterocycles. The van der Waals surface area contributed by atoms with Gasteiger partial charge in [-0.3, -0.25) is 4.68 Å². The van der Waals surface area contributed by atoms with Crippen molar-refractivity contribution < 1.29 is 0 Å². The van der Waals surface area contributed by atoms with Crippen molar-refractivity contribution in [2.45, 2.75) is 25.3 Å². The Morgan fingerprint density at radius 1 is 1.28 bits per heavy atom. The molecule has 0 radical (unpaired) electrons. The van der Waals surface area contributed by atoms with Gasteiger partial charge in [-0.05, 0) is 31.0 Å². The lowest BCUT2D eigenvalue weighted by atomic mass is 9.88. The molecule has 1 saturated heterocycles. The Morgan fingerprint density at radius 3 is 2.72 bits per heavy atom. The molecule has 0 aliphatic carbocycles. The van der Waals surface area contributed by atoms with Gasteiger partial charge >= 0.3 is 0 Å². The van der Waals surface area contributed by atoms with E-state index in [2.05, 4.69) is 47.7 Å². The Labute approximate surface area is 108 Å². The fraction of sp³-hybridized carbons (Fsp3) is 0.400. The molecule has 0 spiro atoms. The zero-order valence-electron chi connectivity index (χ0n) is 10.9. The highest BCUT2D eigenvalue weighted by atomic mass is 15.3. The van der Waals surface area contributed by atoms with Crippen LogP contribution >= 0.6 is 0 Å². The minimum atomic E-state index is 0.425. The lowest BCUT2D eigenvalue weighted by molar-refractivity contribution is 0.574. The van der Waals surface area contributed by atoms with Gasteiger partial charge in [0.1, 0.15) is 0 Å². The number of aryl methyl sites for hydroxylation is 1. The summed E-state index contributed by atoms with van der Waals surface area (Å²) < 4.78 is 1.97. The Hall–Kier alpha value is -1.61. The second-order valence-electron chi connectivity index (χ2n) is 5.05. The maximum absolute atomic E-state index is 4.38. The zero-order chi connectivity index (χ0) is 12.5. The second-order valence-corrected chi connectivity index (χ2v) is 5.05. The van der Waals surface area contributed by atoms with Gasteiger partial charge in [-0.25, -0.2) is 0 Å². The second kappa shape index (κ2) is 4.58. The molecule has 2 heterocycles. The topological polar surface area (TPSA) is 29.9 Å². The number of nitrogens with one attached hydrogen (secondary N) is 1. The van der Waals surface area contributed by atoms with Gasteiger partial charge in [0.05, 0.1) is 6.20 Å². The summed E-state index contributed by atoms with van der Waals surface area (Å²) in [5.74, 6) is 0.543. The maximum atomic E-state index is 4.38. The van der Waals surface area contributed by atoms with Crippen molar-refractivity contribution >= 4 is 0 Å². The van der Waals surface area contributed by atoms with E-state index in [4.69, 9.17) is 0 Å². The molecule has 0 amide bonds. The third kappa shape index (κ3) is 1.85. The van der Waals surface area contributed by atoms with Gasteiger partial charge in [-0.1, -0.05) is 30.3 Å². The molecule has 0 bridgehead atoms. The minimum absolute atomic E-state index is 0.425. The molecule has 1 aromatic carbocycles. The molecule has 2 atom stereocenters. The predicted octanol–water partition coefficient (Wildman–Crippen LogP) is 2.55. The van der Waals surface area contributed by atoms with Crippen LogP contribution in [0.2, 0.25) is 0 Å². The molecular weight excluding hydrogens is 222 g/mol. The fourth-order valence-electron chi connectivity index (χ4n) is 2.93. The smallest absolute Gasteiger partial charge is 0.0528 e. The van der Waals surface area contributed by atoms with Gasteiger partial charge in [0.25, 0.3) is 0 Å². The van der Waals surface area contributed by atoms with Crippen molar-refractivity contribution in [1.82, 2.24) is 15.1 Å². The van der Waals surface area contributed by atoms with E-state index in [1.807, 2.05) is 17.9 Å². The van der Waals surface area contributed by atoms with Crippen LogP contribution in [0, 0.1) is 6.92 Å². The van der Waals surface area contributed by atoms with Gasteiger partial charge in [-0.15, -0.1) is 0 Å². The van der Waals surface area contributed by atoms with Crippen LogP contribution < -0.4 is 5.32 Å². The molecule has 1 aliphatic heterocycles. The third-order valence-electron chi connectivity index (χ3n) is 4.05. The summed E-state index contributed by atoms with van der Waals surface area (Å²) in [7, 11) is 2.01. The predicted molar refractivity (Wildman–Crippen MR) is 72.5 cm³/mol. The van der Waals surface area contributed by atoms with E-state index < -0.39 is 0 Å². The summed E-state index contributed by atoms with van der Waals surface area (Å²) in [4.78, 5) is 0. The lowest BCUT2D eigenvalue weighted by Gasteiger charge is -2.20. The first-order valence-electron chi connectivity index (χ1n) is 6.54. The summed E-state index contributed by atoms with van der Waals surface area (Å²) in [6, 6.07) is 11.1. The summed E-state index contributed by atoms with van der Waals surface area (Å²) in [5, 5.41) is 8.00. The van der Waals surface area contributed by atoms with Crippen molar-refractivity contribution in [3.63, 3.8) is 0 Å². The largest absolute Gasteiger partial charge is 0.309 e. The van der Waals surface area contributed by atoms with E-state index in [0.29, 0.717) is 12.0 Å². The fourth-order valence-corrected chi connectivity index (χ4v) is 2.93. The van der Waals surface area contributed by atoms with Gasteiger partial charge < -0.3 is 5.32 Å². The quantitative estimate of drug-likeness (QED) is 0.875. The van der Waals surface area contributed by atoms with Crippen LogP contribution in [0.15, 0.2) is 36.5 Å². The standard InChI is InChI=1S/C15H19N3/c1-11-14(10-17-18(11)2)13-8-9-16-15(13)12-6-4-3-5-7-12/h3-7,10,13,15-16H,8-9H2,1-2H3. The molecular formula is C15H19N3. The summed E-state index contributed by atoms with van der Waals surface area (Å²) in [6.07, 6.45) is 3.22. The molecule has 3 nitrogen and oxygen atoms in total. The summed E-state index contributed by atoms with van der Waals surface area (Å²) in [5.41, 5.74) is 4.05. The first kappa shape index (κ1) is 11.5. The van der Waals surface area contributed by atoms with Crippen LogP contribution in [0.25, 0.3) is 0 Å². The van der Waals surface area contributed by atoms with Crippen LogP contribution in [0.3, 0.4) is 0 Å². The Bertz CT molecular complexity index is 530. The van der Waals surface area contributed by atoms with Gasteiger partial charge in [0.15, 0.2) is 0 Å². The van der Waals surface area contributed by atoms with Crippen LogP contribution in [-0.4, -0.2) is 16.3 Å². The van der Waals surface area contributed by atoms with Crippen LogP contribution in [-0.2, 0) is 7.05 Å². The average molecular weight is 241 g/mol. The van der Waals surface area contributed by atoms with Crippen molar-refractivity contribution in [2.75, 3.05) is 6.54 Å². The zero-order valence-corrected chi connectivity index (χ0v) is 10.9. The highest BCUT2D eigenvalue weighted by Gasteiger charge is 2.31. The monoisotopic (exact) mass is 241 g/mol. The lowest BCUT2D eigenvalue weighted by Crippen LogP contribution is -2.17. The van der Waals surface area contributed by atoms with Gasteiger partial charge in [0, 0.05) is 24.7 Å². The number of hydrogen-bond donors (Lipinski definition) is 1. The third-order valence-corrected chi connectivity index (χ3v) is 4.05. The van der Waals surface area contributed by atoms with E-state index in [1.54, 1.807) is 0 Å². The summed E-state index contributed by atoms with van der Waals surface area (Å²) >= 11 is 0. The number of benzene rings is 1. The molecule has 2 aromatic rings. The Morgan fingerprint density at radius 2 is 2.06 bits per heavy atom. The molecule has 1 N–H and O–H groups in total. The van der Waals surface area contributed by atoms with E-state index >= 15 is 0 Å². The average Bonchev–Trinajstić information content (AvgIpc) is 2.99. The molecule has 1 aliphatic rings. The summed E-state index contributed by atoms with van der Waals surface area (Å²) in [6.45, 7) is 3.24. The minimum Gasteiger partial charge on any atom is -0.309 e. The molecule has 1 fully saturated rings. The first-order valence-corrected chi connectivity index (χ1v) is 6.54. The van der Waals surface area contributed by atoms with Crippen LogP contribution in [0.5, 0.6) is 0 Å². The van der Waals surface area contributed by atoms with E-state index in [1.165, 1.54) is 23.2 Å². The first-order chi connectivity index (χ1) is 8.77. The molecule has 3 heteroatoms. The number of nitrogens with zero attached hydrogens (tertiary/aromatic N) is 2. The normalized spacial score (nSPS) is 23.4. The van der Waals surface area contributed by atoms with Crippen molar-refractivity contribution in [1.29, 1.82) is 0 Å². The van der Waals surface area contributed by atoms with E-state index in [9.17, 15) is 0 Å². The van der Waals surface area contributed by atoms with Gasteiger partial charge in [-0.2, -0.15) is 5.10 Å². The molecule has 2 unspecified atom stereocenters. The SMILES string of the molecule is Cc1c(C2CCNC2c2ccccc2)cnn1C. The number of hydrogen-bond acceptors (Lipinski definition) is 2. The van der Waals surface area contributed by atoms with E-state index in [0.717, 1.165) is 6.54 Å². The molecule has 18 heavy (non-hydrogen) atoms. The maximum Gasteiger partial charge on any atom is 0.0528 e.